The van der Waals surface area contributed by atoms with Crippen molar-refractivity contribution in [1.82, 2.24) is 14.6 Å². The fourth-order valence-corrected chi connectivity index (χ4v) is 4.37. The van der Waals surface area contributed by atoms with Crippen molar-refractivity contribution >= 4 is 33.7 Å². The zero-order valence-electron chi connectivity index (χ0n) is 15.0. The Morgan fingerprint density at radius 3 is 2.68 bits per heavy atom. The molecule has 4 aromatic rings. The zero-order valence-corrected chi connectivity index (χ0v) is 16.7. The van der Waals surface area contributed by atoms with Gasteiger partial charge in [0.15, 0.2) is 11.5 Å². The molecule has 0 aliphatic heterocycles. The second-order valence-corrected chi connectivity index (χ2v) is 7.84. The van der Waals surface area contributed by atoms with Gasteiger partial charge in [0.2, 0.25) is 4.96 Å². The number of thiophene rings is 1. The van der Waals surface area contributed by atoms with Gasteiger partial charge in [-0.1, -0.05) is 23.5 Å². The Bertz CT molecular complexity index is 1310. The van der Waals surface area contributed by atoms with Crippen molar-refractivity contribution in [1.29, 1.82) is 0 Å². The smallest absolute Gasteiger partial charge is 0.296 e. The molecular formula is C19H15N3O4S2. The van der Waals surface area contributed by atoms with Gasteiger partial charge >= 0.3 is 0 Å². The van der Waals surface area contributed by atoms with Crippen molar-refractivity contribution in [3.05, 3.63) is 77.1 Å². The van der Waals surface area contributed by atoms with Gasteiger partial charge in [-0.2, -0.15) is 14.6 Å². The van der Waals surface area contributed by atoms with Crippen LogP contribution in [0.1, 0.15) is 16.1 Å². The Balaban J connectivity index is 1.77. The van der Waals surface area contributed by atoms with Crippen LogP contribution in [0.4, 0.5) is 0 Å². The second-order valence-electron chi connectivity index (χ2n) is 5.86. The summed E-state index contributed by atoms with van der Waals surface area (Å²) in [5.41, 5.74) is 0.271. The maximum absolute atomic E-state index is 12.7. The summed E-state index contributed by atoms with van der Waals surface area (Å²) in [5.74, 6) is 1.15. The number of ether oxygens (including phenoxy) is 2. The normalized spacial score (nSPS) is 11.9. The molecule has 0 radical (unpaired) electrons. The highest BCUT2D eigenvalue weighted by molar-refractivity contribution is 7.15. The summed E-state index contributed by atoms with van der Waals surface area (Å²) in [6.45, 7) is 0. The molecule has 0 saturated carbocycles. The van der Waals surface area contributed by atoms with Gasteiger partial charge in [0.05, 0.1) is 18.8 Å². The summed E-state index contributed by atoms with van der Waals surface area (Å²) >= 11 is 2.68. The molecule has 0 spiro atoms. The van der Waals surface area contributed by atoms with E-state index in [1.54, 1.807) is 32.4 Å². The Labute approximate surface area is 167 Å². The highest BCUT2D eigenvalue weighted by Crippen LogP contribution is 2.28. The van der Waals surface area contributed by atoms with Gasteiger partial charge in [-0.3, -0.25) is 9.59 Å². The molecule has 3 aromatic heterocycles. The molecule has 0 bridgehead atoms. The lowest BCUT2D eigenvalue weighted by Gasteiger charge is -2.09. The number of thiazole rings is 1. The molecule has 3 heterocycles. The van der Waals surface area contributed by atoms with E-state index in [0.29, 0.717) is 16.0 Å². The van der Waals surface area contributed by atoms with E-state index >= 15 is 0 Å². The maximum Gasteiger partial charge on any atom is 0.296 e. The van der Waals surface area contributed by atoms with Crippen molar-refractivity contribution in [2.45, 2.75) is 6.42 Å². The molecule has 0 fully saturated rings. The molecule has 0 saturated heterocycles. The second kappa shape index (κ2) is 7.53. The van der Waals surface area contributed by atoms with Crippen molar-refractivity contribution in [3.8, 4) is 11.5 Å². The van der Waals surface area contributed by atoms with Crippen LogP contribution in [0, 0.1) is 0 Å². The predicted molar refractivity (Wildman–Crippen MR) is 109 cm³/mol. The summed E-state index contributed by atoms with van der Waals surface area (Å²) in [7, 11) is 3.10. The summed E-state index contributed by atoms with van der Waals surface area (Å²) in [6.07, 6.45) is 2.01. The van der Waals surface area contributed by atoms with Crippen LogP contribution in [0.25, 0.3) is 11.0 Å². The molecule has 28 heavy (non-hydrogen) atoms. The maximum atomic E-state index is 12.7. The van der Waals surface area contributed by atoms with Crippen molar-refractivity contribution < 1.29 is 9.47 Å². The number of nitrogens with zero attached hydrogens (tertiary/aromatic N) is 3. The minimum atomic E-state index is -0.446. The Morgan fingerprint density at radius 2 is 1.96 bits per heavy atom. The molecule has 4 rings (SSSR count). The number of benzene rings is 1. The molecule has 0 atom stereocenters. The number of hydrogen-bond donors (Lipinski definition) is 0. The fourth-order valence-electron chi connectivity index (χ4n) is 2.74. The number of rotatable bonds is 5. The standard InChI is InChI=1S/C19H15N3O4S2/c1-25-14-6-5-11(9-15(14)26-2)8-13-17(23)20-19-22(21-13)18(24)16(28-19)10-12-4-3-7-27-12/h3-7,9-10H,8H2,1-2H3/b16-10-. The molecule has 9 heteroatoms. The lowest BCUT2D eigenvalue weighted by Crippen LogP contribution is -2.28. The molecule has 0 aliphatic carbocycles. The highest BCUT2D eigenvalue weighted by atomic mass is 32.1. The van der Waals surface area contributed by atoms with Crippen molar-refractivity contribution in [2.75, 3.05) is 14.2 Å². The Hall–Kier alpha value is -3.04. The first-order valence-electron chi connectivity index (χ1n) is 8.28. The average molecular weight is 413 g/mol. The number of methoxy groups -OCH3 is 2. The minimum absolute atomic E-state index is 0.197. The SMILES string of the molecule is COc1ccc(Cc2nn3c(=O)/c(=C/c4cccs4)sc3nc2=O)cc1OC. The lowest BCUT2D eigenvalue weighted by atomic mass is 10.1. The van der Waals surface area contributed by atoms with Crippen LogP contribution in [-0.4, -0.2) is 28.8 Å². The first kappa shape index (κ1) is 18.3. The van der Waals surface area contributed by atoms with Crippen LogP contribution in [0.3, 0.4) is 0 Å². The van der Waals surface area contributed by atoms with Gasteiger partial charge in [0.25, 0.3) is 11.1 Å². The minimum Gasteiger partial charge on any atom is -0.493 e. The molecule has 1 aromatic carbocycles. The molecule has 0 amide bonds. The van der Waals surface area contributed by atoms with E-state index in [9.17, 15) is 9.59 Å². The topological polar surface area (TPSA) is 82.8 Å². The van der Waals surface area contributed by atoms with Gasteiger partial charge < -0.3 is 9.47 Å². The van der Waals surface area contributed by atoms with E-state index in [2.05, 4.69) is 10.1 Å². The van der Waals surface area contributed by atoms with Gasteiger partial charge in [-0.15, -0.1) is 11.3 Å². The Kier molecular flexibility index (Phi) is 4.93. The van der Waals surface area contributed by atoms with Gasteiger partial charge in [0.1, 0.15) is 5.69 Å². The number of aromatic nitrogens is 3. The van der Waals surface area contributed by atoms with Crippen LogP contribution in [0.15, 0.2) is 45.3 Å². The highest BCUT2D eigenvalue weighted by Gasteiger charge is 2.13. The lowest BCUT2D eigenvalue weighted by molar-refractivity contribution is 0.354. The van der Waals surface area contributed by atoms with E-state index in [-0.39, 0.29) is 22.6 Å². The first-order chi connectivity index (χ1) is 13.6. The van der Waals surface area contributed by atoms with Gasteiger partial charge in [-0.05, 0) is 35.2 Å². The third kappa shape index (κ3) is 3.41. The predicted octanol–water partition coefficient (Wildman–Crippen LogP) is 1.73. The van der Waals surface area contributed by atoms with Crippen molar-refractivity contribution in [3.63, 3.8) is 0 Å². The van der Waals surface area contributed by atoms with E-state index in [1.807, 2.05) is 23.6 Å². The Morgan fingerprint density at radius 1 is 1.14 bits per heavy atom. The largest absolute Gasteiger partial charge is 0.493 e. The van der Waals surface area contributed by atoms with Crippen LogP contribution >= 0.6 is 22.7 Å². The van der Waals surface area contributed by atoms with Crippen LogP contribution < -0.4 is 25.1 Å². The average Bonchev–Trinajstić information content (AvgIpc) is 3.31. The quantitative estimate of drug-likeness (QED) is 0.496. The van der Waals surface area contributed by atoms with E-state index in [0.717, 1.165) is 21.8 Å². The summed E-state index contributed by atoms with van der Waals surface area (Å²) in [4.78, 5) is 30.4. The molecule has 142 valence electrons. The summed E-state index contributed by atoms with van der Waals surface area (Å²) in [5, 5.41) is 6.20. The molecule has 0 N–H and O–H groups in total. The monoisotopic (exact) mass is 413 g/mol. The van der Waals surface area contributed by atoms with E-state index < -0.39 is 5.56 Å². The third-order valence-corrected chi connectivity index (χ3v) is 5.86. The fraction of sp³-hybridized carbons (Fsp3) is 0.158. The number of fused-ring (bicyclic) bond motifs is 1. The van der Waals surface area contributed by atoms with Gasteiger partial charge in [0, 0.05) is 11.3 Å². The molecule has 0 unspecified atom stereocenters. The summed E-state index contributed by atoms with van der Waals surface area (Å²) < 4.78 is 12.2. The van der Waals surface area contributed by atoms with Crippen molar-refractivity contribution in [2.24, 2.45) is 0 Å². The van der Waals surface area contributed by atoms with Crippen LogP contribution in [-0.2, 0) is 6.42 Å². The molecule has 0 aliphatic rings. The van der Waals surface area contributed by atoms with Gasteiger partial charge in [-0.25, -0.2) is 0 Å². The molecular weight excluding hydrogens is 398 g/mol. The van der Waals surface area contributed by atoms with Crippen LogP contribution in [0.5, 0.6) is 11.5 Å². The zero-order chi connectivity index (χ0) is 19.7. The number of hydrogen-bond acceptors (Lipinski definition) is 8. The summed E-state index contributed by atoms with van der Waals surface area (Å²) in [6, 6.07) is 9.18. The van der Waals surface area contributed by atoms with Crippen LogP contribution in [0.2, 0.25) is 0 Å². The van der Waals surface area contributed by atoms with E-state index in [1.165, 1.54) is 15.9 Å². The molecule has 7 nitrogen and oxygen atoms in total. The first-order valence-corrected chi connectivity index (χ1v) is 9.97. The van der Waals surface area contributed by atoms with E-state index in [4.69, 9.17) is 9.47 Å². The third-order valence-electron chi connectivity index (χ3n) is 4.09.